The molecule has 0 spiro atoms. The van der Waals surface area contributed by atoms with E-state index in [1.54, 1.807) is 19.2 Å². The van der Waals surface area contributed by atoms with E-state index in [-0.39, 0.29) is 18.0 Å². The normalized spacial score (nSPS) is 14.5. The van der Waals surface area contributed by atoms with Gasteiger partial charge in [0.05, 0.1) is 18.4 Å². The summed E-state index contributed by atoms with van der Waals surface area (Å²) in [5, 5.41) is 0. The van der Waals surface area contributed by atoms with Crippen molar-refractivity contribution in [3.63, 3.8) is 0 Å². The van der Waals surface area contributed by atoms with Gasteiger partial charge >= 0.3 is 0 Å². The molecule has 1 aliphatic rings. The third kappa shape index (κ3) is 2.33. The topological polar surface area (TPSA) is 74.8 Å². The molecule has 0 aromatic heterocycles. The molecule has 0 fully saturated rings. The van der Waals surface area contributed by atoms with E-state index in [0.717, 1.165) is 21.8 Å². The molecule has 102 valence electrons. The quantitative estimate of drug-likeness (QED) is 0.792. The van der Waals surface area contributed by atoms with Gasteiger partial charge in [-0.25, -0.2) is 12.7 Å². The van der Waals surface area contributed by atoms with Crippen LogP contribution in [0.4, 0.5) is 11.4 Å². The second kappa shape index (κ2) is 4.34. The Bertz CT molecular complexity index is 666. The Labute approximate surface area is 111 Å². The van der Waals surface area contributed by atoms with Crippen molar-refractivity contribution in [2.45, 2.75) is 13.3 Å². The van der Waals surface area contributed by atoms with Crippen LogP contribution in [0.3, 0.4) is 0 Å². The van der Waals surface area contributed by atoms with E-state index in [9.17, 15) is 18.0 Å². The number of likely N-dealkylation sites (N-methyl/N-ethyl adjacent to an activating group) is 1. The standard InChI is InChI=1S/C12H14N2O4S/c1-8(15)14(19(3,17)18)10-4-5-11-9(6-10)7-12(16)13(11)2/h4-6H,7H2,1-3H3. The van der Waals surface area contributed by atoms with Gasteiger partial charge in [-0.05, 0) is 23.8 Å². The number of rotatable bonds is 2. The Balaban J connectivity index is 2.52. The molecule has 6 nitrogen and oxygen atoms in total. The summed E-state index contributed by atoms with van der Waals surface area (Å²) in [6.07, 6.45) is 1.19. The van der Waals surface area contributed by atoms with Crippen LogP contribution in [0, 0.1) is 0 Å². The number of fused-ring (bicyclic) bond motifs is 1. The van der Waals surface area contributed by atoms with E-state index in [0.29, 0.717) is 0 Å². The molecule has 0 saturated heterocycles. The first-order valence-electron chi connectivity index (χ1n) is 5.62. The number of carbonyl (C=O) groups excluding carboxylic acids is 2. The molecule has 0 bridgehead atoms. The highest BCUT2D eigenvalue weighted by atomic mass is 32.2. The number of anilines is 2. The molecule has 19 heavy (non-hydrogen) atoms. The third-order valence-corrected chi connectivity index (χ3v) is 4.12. The maximum atomic E-state index is 11.6. The second-order valence-corrected chi connectivity index (χ2v) is 6.32. The summed E-state index contributed by atoms with van der Waals surface area (Å²) in [7, 11) is -2.02. The zero-order valence-electron chi connectivity index (χ0n) is 10.9. The van der Waals surface area contributed by atoms with Crippen molar-refractivity contribution in [2.75, 3.05) is 22.5 Å². The number of amides is 2. The molecule has 1 heterocycles. The zero-order valence-corrected chi connectivity index (χ0v) is 11.7. The van der Waals surface area contributed by atoms with E-state index >= 15 is 0 Å². The summed E-state index contributed by atoms with van der Waals surface area (Å²) in [4.78, 5) is 24.6. The Hall–Kier alpha value is -1.89. The largest absolute Gasteiger partial charge is 0.315 e. The van der Waals surface area contributed by atoms with Crippen molar-refractivity contribution in [2.24, 2.45) is 0 Å². The van der Waals surface area contributed by atoms with Crippen molar-refractivity contribution in [1.29, 1.82) is 0 Å². The Morgan fingerprint density at radius 3 is 2.53 bits per heavy atom. The van der Waals surface area contributed by atoms with Crippen LogP contribution in [0.1, 0.15) is 12.5 Å². The lowest BCUT2D eigenvalue weighted by molar-refractivity contribution is -0.117. The predicted molar refractivity (Wildman–Crippen MR) is 71.6 cm³/mol. The van der Waals surface area contributed by atoms with E-state index in [4.69, 9.17) is 0 Å². The Kier molecular flexibility index (Phi) is 3.09. The lowest BCUT2D eigenvalue weighted by atomic mass is 10.1. The van der Waals surface area contributed by atoms with Crippen LogP contribution >= 0.6 is 0 Å². The van der Waals surface area contributed by atoms with Gasteiger partial charge in [0, 0.05) is 19.7 Å². The summed E-state index contributed by atoms with van der Waals surface area (Å²) < 4.78 is 24.0. The summed E-state index contributed by atoms with van der Waals surface area (Å²) in [5.74, 6) is -0.638. The third-order valence-electron chi connectivity index (χ3n) is 2.99. The minimum Gasteiger partial charge on any atom is -0.315 e. The molecule has 1 aromatic carbocycles. The Morgan fingerprint density at radius 1 is 1.37 bits per heavy atom. The van der Waals surface area contributed by atoms with Gasteiger partial charge in [-0.15, -0.1) is 0 Å². The first-order valence-corrected chi connectivity index (χ1v) is 7.47. The van der Waals surface area contributed by atoms with Gasteiger partial charge in [-0.2, -0.15) is 0 Å². The molecule has 2 rings (SSSR count). The van der Waals surface area contributed by atoms with Crippen molar-refractivity contribution in [3.8, 4) is 0 Å². The monoisotopic (exact) mass is 282 g/mol. The zero-order chi connectivity index (χ0) is 14.4. The number of sulfonamides is 1. The molecule has 0 unspecified atom stereocenters. The minimum absolute atomic E-state index is 0.0547. The fourth-order valence-electron chi connectivity index (χ4n) is 2.19. The first kappa shape index (κ1) is 13.5. The summed E-state index contributed by atoms with van der Waals surface area (Å²) >= 11 is 0. The lowest BCUT2D eigenvalue weighted by Crippen LogP contribution is -2.34. The van der Waals surface area contributed by atoms with Crippen LogP contribution < -0.4 is 9.21 Å². The highest BCUT2D eigenvalue weighted by Crippen LogP contribution is 2.32. The van der Waals surface area contributed by atoms with Gasteiger partial charge in [0.25, 0.3) is 0 Å². The molecular formula is C12H14N2O4S. The van der Waals surface area contributed by atoms with E-state index in [2.05, 4.69) is 0 Å². The fourth-order valence-corrected chi connectivity index (χ4v) is 3.15. The maximum absolute atomic E-state index is 11.6. The molecule has 1 aliphatic heterocycles. The van der Waals surface area contributed by atoms with Gasteiger partial charge < -0.3 is 4.90 Å². The molecule has 2 amide bonds. The average Bonchev–Trinajstić information content (AvgIpc) is 2.52. The van der Waals surface area contributed by atoms with Crippen molar-refractivity contribution in [3.05, 3.63) is 23.8 Å². The van der Waals surface area contributed by atoms with Crippen molar-refractivity contribution >= 4 is 33.2 Å². The van der Waals surface area contributed by atoms with Crippen molar-refractivity contribution in [1.82, 2.24) is 0 Å². The van der Waals surface area contributed by atoms with Gasteiger partial charge in [0.15, 0.2) is 0 Å². The second-order valence-electron chi connectivity index (χ2n) is 4.49. The van der Waals surface area contributed by atoms with Gasteiger partial charge in [0.2, 0.25) is 21.8 Å². The predicted octanol–water partition coefficient (Wildman–Crippen LogP) is 0.518. The summed E-state index contributed by atoms with van der Waals surface area (Å²) in [6, 6.07) is 4.74. The van der Waals surface area contributed by atoms with Gasteiger partial charge in [-0.3, -0.25) is 9.59 Å². The molecule has 0 aliphatic carbocycles. The molecule has 0 atom stereocenters. The smallest absolute Gasteiger partial charge is 0.238 e. The molecule has 0 saturated carbocycles. The number of hydrogen-bond acceptors (Lipinski definition) is 4. The summed E-state index contributed by atoms with van der Waals surface area (Å²) in [5.41, 5.74) is 1.72. The highest BCUT2D eigenvalue weighted by molar-refractivity contribution is 7.92. The van der Waals surface area contributed by atoms with Gasteiger partial charge in [-0.1, -0.05) is 0 Å². The maximum Gasteiger partial charge on any atom is 0.238 e. The Morgan fingerprint density at radius 2 is 2.00 bits per heavy atom. The number of benzene rings is 1. The van der Waals surface area contributed by atoms with Crippen LogP contribution in [-0.2, 0) is 26.0 Å². The molecule has 1 aromatic rings. The van der Waals surface area contributed by atoms with Crippen LogP contribution in [-0.4, -0.2) is 33.5 Å². The molecule has 0 radical (unpaired) electrons. The average molecular weight is 282 g/mol. The van der Waals surface area contributed by atoms with E-state index in [1.807, 2.05) is 0 Å². The van der Waals surface area contributed by atoms with Crippen molar-refractivity contribution < 1.29 is 18.0 Å². The van der Waals surface area contributed by atoms with E-state index in [1.165, 1.54) is 17.9 Å². The van der Waals surface area contributed by atoms with E-state index < -0.39 is 15.9 Å². The number of nitrogens with zero attached hydrogens (tertiary/aromatic N) is 2. The molecule has 7 heteroatoms. The SMILES string of the molecule is CC(=O)N(c1ccc2c(c1)CC(=O)N2C)S(C)(=O)=O. The van der Waals surface area contributed by atoms with Crippen LogP contribution in [0.25, 0.3) is 0 Å². The molecule has 0 N–H and O–H groups in total. The number of hydrogen-bond donors (Lipinski definition) is 0. The fraction of sp³-hybridized carbons (Fsp3) is 0.333. The van der Waals surface area contributed by atoms with Crippen LogP contribution in [0.5, 0.6) is 0 Å². The van der Waals surface area contributed by atoms with Crippen LogP contribution in [0.2, 0.25) is 0 Å². The number of carbonyl (C=O) groups is 2. The summed E-state index contributed by atoms with van der Waals surface area (Å²) in [6.45, 7) is 1.19. The lowest BCUT2D eigenvalue weighted by Gasteiger charge is -2.19. The highest BCUT2D eigenvalue weighted by Gasteiger charge is 2.27. The van der Waals surface area contributed by atoms with Gasteiger partial charge in [0.1, 0.15) is 0 Å². The van der Waals surface area contributed by atoms with Crippen LogP contribution in [0.15, 0.2) is 18.2 Å². The first-order chi connectivity index (χ1) is 8.71. The minimum atomic E-state index is -3.68. The molecular weight excluding hydrogens is 268 g/mol.